The average molecular weight is 409 g/mol. The van der Waals surface area contributed by atoms with Crippen LogP contribution in [-0.2, 0) is 11.3 Å². The van der Waals surface area contributed by atoms with Crippen LogP contribution in [0.1, 0.15) is 27.9 Å². The van der Waals surface area contributed by atoms with Gasteiger partial charge in [0.15, 0.2) is 0 Å². The lowest BCUT2D eigenvalue weighted by atomic mass is 10.1. The summed E-state index contributed by atoms with van der Waals surface area (Å²) in [5.41, 5.74) is 7.70. The van der Waals surface area contributed by atoms with Crippen molar-refractivity contribution in [1.82, 2.24) is 9.80 Å². The molecule has 0 spiro atoms. The van der Waals surface area contributed by atoms with Gasteiger partial charge in [0.1, 0.15) is 0 Å². The van der Waals surface area contributed by atoms with Crippen molar-refractivity contribution in [3.05, 3.63) is 65.2 Å². The standard InChI is InChI=1S/C22H24N4O2S/c23-14-17-6-8-18(9-7-17)15-25-10-3-11-26(13-12-25)22(28)19-4-1-2-5-20(19)29-16-21(24)27/h1-2,4-9H,3,10-13,15-16H2,(H2,24,27). The van der Waals surface area contributed by atoms with Crippen molar-refractivity contribution in [2.24, 2.45) is 5.73 Å². The summed E-state index contributed by atoms with van der Waals surface area (Å²) in [5.74, 6) is -0.244. The molecule has 7 heteroatoms. The van der Waals surface area contributed by atoms with Crippen LogP contribution < -0.4 is 5.73 Å². The molecule has 1 saturated heterocycles. The van der Waals surface area contributed by atoms with E-state index in [4.69, 9.17) is 11.0 Å². The third-order valence-corrected chi connectivity index (χ3v) is 5.95. The topological polar surface area (TPSA) is 90.4 Å². The lowest BCUT2D eigenvalue weighted by Gasteiger charge is -2.23. The molecule has 29 heavy (non-hydrogen) atoms. The summed E-state index contributed by atoms with van der Waals surface area (Å²) in [4.78, 5) is 29.2. The fourth-order valence-corrected chi connectivity index (χ4v) is 4.15. The number of amides is 2. The maximum atomic E-state index is 13.1. The van der Waals surface area contributed by atoms with Crippen LogP contribution in [0.4, 0.5) is 0 Å². The Morgan fingerprint density at radius 3 is 2.52 bits per heavy atom. The molecule has 0 bridgehead atoms. The van der Waals surface area contributed by atoms with E-state index in [0.717, 1.165) is 36.5 Å². The van der Waals surface area contributed by atoms with Crippen molar-refractivity contribution < 1.29 is 9.59 Å². The summed E-state index contributed by atoms with van der Waals surface area (Å²) < 4.78 is 0. The molecule has 2 N–H and O–H groups in total. The maximum absolute atomic E-state index is 13.1. The number of benzene rings is 2. The smallest absolute Gasteiger partial charge is 0.255 e. The number of hydrogen-bond donors (Lipinski definition) is 1. The molecule has 2 amide bonds. The highest BCUT2D eigenvalue weighted by Gasteiger charge is 2.22. The van der Waals surface area contributed by atoms with Gasteiger partial charge >= 0.3 is 0 Å². The van der Waals surface area contributed by atoms with Gasteiger partial charge in [0, 0.05) is 37.6 Å². The van der Waals surface area contributed by atoms with E-state index in [-0.39, 0.29) is 11.7 Å². The molecule has 2 aromatic carbocycles. The molecular formula is C22H24N4O2S. The normalized spacial score (nSPS) is 14.8. The minimum Gasteiger partial charge on any atom is -0.369 e. The molecule has 1 aliphatic rings. The van der Waals surface area contributed by atoms with Crippen LogP contribution in [0, 0.1) is 11.3 Å². The molecule has 0 atom stereocenters. The zero-order chi connectivity index (χ0) is 20.6. The number of primary amides is 1. The van der Waals surface area contributed by atoms with E-state index in [0.29, 0.717) is 24.2 Å². The maximum Gasteiger partial charge on any atom is 0.255 e. The second-order valence-corrected chi connectivity index (χ2v) is 8.00. The van der Waals surface area contributed by atoms with E-state index in [1.165, 1.54) is 11.8 Å². The molecular weight excluding hydrogens is 384 g/mol. The molecule has 0 radical (unpaired) electrons. The molecule has 1 fully saturated rings. The van der Waals surface area contributed by atoms with E-state index in [2.05, 4.69) is 11.0 Å². The highest BCUT2D eigenvalue weighted by atomic mass is 32.2. The Balaban J connectivity index is 1.62. The summed E-state index contributed by atoms with van der Waals surface area (Å²) in [7, 11) is 0. The van der Waals surface area contributed by atoms with Crippen LogP contribution in [0.5, 0.6) is 0 Å². The number of carbonyl (C=O) groups is 2. The first-order valence-electron chi connectivity index (χ1n) is 9.57. The predicted molar refractivity (Wildman–Crippen MR) is 113 cm³/mol. The Kier molecular flexibility index (Phi) is 7.28. The first-order chi connectivity index (χ1) is 14.1. The summed E-state index contributed by atoms with van der Waals surface area (Å²) in [6.45, 7) is 3.88. The number of thioether (sulfide) groups is 1. The van der Waals surface area contributed by atoms with E-state index in [1.807, 2.05) is 53.4 Å². The van der Waals surface area contributed by atoms with Gasteiger partial charge in [-0.3, -0.25) is 14.5 Å². The van der Waals surface area contributed by atoms with Gasteiger partial charge in [-0.2, -0.15) is 5.26 Å². The number of hydrogen-bond acceptors (Lipinski definition) is 5. The largest absolute Gasteiger partial charge is 0.369 e. The molecule has 0 aromatic heterocycles. The van der Waals surface area contributed by atoms with Crippen LogP contribution in [0.15, 0.2) is 53.4 Å². The highest BCUT2D eigenvalue weighted by Crippen LogP contribution is 2.24. The summed E-state index contributed by atoms with van der Waals surface area (Å²) in [6, 6.07) is 17.2. The van der Waals surface area contributed by atoms with Crippen molar-refractivity contribution in [3.63, 3.8) is 0 Å². The van der Waals surface area contributed by atoms with Gasteiger partial charge in [-0.15, -0.1) is 11.8 Å². The van der Waals surface area contributed by atoms with Crippen molar-refractivity contribution in [2.45, 2.75) is 17.9 Å². The van der Waals surface area contributed by atoms with Crippen molar-refractivity contribution in [1.29, 1.82) is 5.26 Å². The number of nitrogens with zero attached hydrogens (tertiary/aromatic N) is 3. The van der Waals surface area contributed by atoms with E-state index in [1.54, 1.807) is 0 Å². The quantitative estimate of drug-likeness (QED) is 0.742. The first-order valence-corrected chi connectivity index (χ1v) is 10.6. The Bertz CT molecular complexity index is 908. The molecule has 3 rings (SSSR count). The predicted octanol–water partition coefficient (Wildman–Crippen LogP) is 2.48. The Morgan fingerprint density at radius 1 is 1.03 bits per heavy atom. The van der Waals surface area contributed by atoms with Gasteiger partial charge in [-0.25, -0.2) is 0 Å². The van der Waals surface area contributed by atoms with Gasteiger partial charge in [0.2, 0.25) is 5.91 Å². The van der Waals surface area contributed by atoms with Gasteiger partial charge in [0.25, 0.3) is 5.91 Å². The highest BCUT2D eigenvalue weighted by molar-refractivity contribution is 8.00. The third-order valence-electron chi connectivity index (χ3n) is 4.85. The number of nitrogens with two attached hydrogens (primary N) is 1. The second-order valence-electron chi connectivity index (χ2n) is 6.98. The van der Waals surface area contributed by atoms with E-state index < -0.39 is 5.91 Å². The molecule has 0 saturated carbocycles. The van der Waals surface area contributed by atoms with Crippen LogP contribution in [0.3, 0.4) is 0 Å². The SMILES string of the molecule is N#Cc1ccc(CN2CCCN(C(=O)c3ccccc3SCC(N)=O)CC2)cc1. The van der Waals surface area contributed by atoms with E-state index in [9.17, 15) is 9.59 Å². The van der Waals surface area contributed by atoms with Crippen molar-refractivity contribution in [3.8, 4) is 6.07 Å². The molecule has 0 aliphatic carbocycles. The second kappa shape index (κ2) is 10.1. The number of nitriles is 1. The Hall–Kier alpha value is -2.82. The monoisotopic (exact) mass is 408 g/mol. The molecule has 1 aliphatic heterocycles. The minimum atomic E-state index is -0.398. The van der Waals surface area contributed by atoms with Crippen LogP contribution in [0.25, 0.3) is 0 Å². The lowest BCUT2D eigenvalue weighted by Crippen LogP contribution is -2.35. The average Bonchev–Trinajstić information content (AvgIpc) is 2.98. The number of rotatable bonds is 6. The Morgan fingerprint density at radius 2 is 1.79 bits per heavy atom. The van der Waals surface area contributed by atoms with Crippen molar-refractivity contribution >= 4 is 23.6 Å². The fraction of sp³-hybridized carbons (Fsp3) is 0.318. The molecule has 2 aromatic rings. The zero-order valence-corrected chi connectivity index (χ0v) is 17.0. The molecule has 0 unspecified atom stereocenters. The van der Waals surface area contributed by atoms with Gasteiger partial charge in [0.05, 0.1) is 22.9 Å². The first kappa shape index (κ1) is 20.9. The van der Waals surface area contributed by atoms with Crippen LogP contribution in [0.2, 0.25) is 0 Å². The fourth-order valence-electron chi connectivity index (χ4n) is 3.36. The minimum absolute atomic E-state index is 0.00204. The summed E-state index contributed by atoms with van der Waals surface area (Å²) >= 11 is 1.30. The summed E-state index contributed by atoms with van der Waals surface area (Å²) in [5, 5.41) is 8.92. The van der Waals surface area contributed by atoms with Crippen molar-refractivity contribution in [2.75, 3.05) is 31.9 Å². The lowest BCUT2D eigenvalue weighted by molar-refractivity contribution is -0.115. The Labute approximate surface area is 175 Å². The van der Waals surface area contributed by atoms with Crippen LogP contribution >= 0.6 is 11.8 Å². The summed E-state index contributed by atoms with van der Waals surface area (Å²) in [6.07, 6.45) is 0.901. The van der Waals surface area contributed by atoms with Gasteiger partial charge < -0.3 is 10.6 Å². The van der Waals surface area contributed by atoms with Crippen LogP contribution in [-0.4, -0.2) is 53.5 Å². The number of carbonyl (C=O) groups excluding carboxylic acids is 2. The molecule has 150 valence electrons. The van der Waals surface area contributed by atoms with Gasteiger partial charge in [-0.1, -0.05) is 24.3 Å². The zero-order valence-electron chi connectivity index (χ0n) is 16.2. The molecule has 1 heterocycles. The van der Waals surface area contributed by atoms with E-state index >= 15 is 0 Å². The molecule has 6 nitrogen and oxygen atoms in total. The third kappa shape index (κ3) is 5.83. The van der Waals surface area contributed by atoms with Gasteiger partial charge in [-0.05, 0) is 36.2 Å².